The maximum absolute atomic E-state index is 9.33. The molecule has 0 aliphatic heterocycles. The van der Waals surface area contributed by atoms with Crippen LogP contribution in [0.4, 0.5) is 0 Å². The second-order valence-electron chi connectivity index (χ2n) is 3.35. The summed E-state index contributed by atoms with van der Waals surface area (Å²) in [7, 11) is 0. The highest BCUT2D eigenvalue weighted by Gasteiger charge is 2.40. The van der Waals surface area contributed by atoms with Gasteiger partial charge in [-0.1, -0.05) is 13.8 Å². The molecule has 0 fully saturated rings. The minimum atomic E-state index is -1.86. The molecule has 0 aromatic heterocycles. The van der Waals surface area contributed by atoms with E-state index in [4.69, 9.17) is 5.11 Å². The van der Waals surface area contributed by atoms with E-state index in [0.29, 0.717) is 0 Å². The lowest BCUT2D eigenvalue weighted by Crippen LogP contribution is -2.43. The van der Waals surface area contributed by atoms with Gasteiger partial charge in [-0.05, 0) is 18.2 Å². The first-order chi connectivity index (χ1) is 4.85. The fraction of sp³-hybridized carbons (Fsp3) is 0.500. The van der Waals surface area contributed by atoms with Gasteiger partial charge in [-0.3, -0.25) is 0 Å². The SMILES string of the molecule is CC1(C)C=C(O)C=CC1(O)O. The van der Waals surface area contributed by atoms with E-state index < -0.39 is 11.2 Å². The van der Waals surface area contributed by atoms with Crippen LogP contribution in [0.3, 0.4) is 0 Å². The number of rotatable bonds is 0. The van der Waals surface area contributed by atoms with E-state index in [2.05, 4.69) is 0 Å². The summed E-state index contributed by atoms with van der Waals surface area (Å²) in [5.41, 5.74) is -0.841. The average molecular weight is 156 g/mol. The summed E-state index contributed by atoms with van der Waals surface area (Å²) in [6.45, 7) is 3.26. The molecule has 0 heterocycles. The zero-order chi connectivity index (χ0) is 8.70. The number of aliphatic hydroxyl groups is 3. The molecule has 1 aliphatic carbocycles. The van der Waals surface area contributed by atoms with Crippen molar-refractivity contribution in [2.24, 2.45) is 5.41 Å². The molecule has 1 aliphatic rings. The molecule has 0 amide bonds. The summed E-state index contributed by atoms with van der Waals surface area (Å²) in [5, 5.41) is 27.7. The molecule has 3 nitrogen and oxygen atoms in total. The molecule has 0 radical (unpaired) electrons. The third kappa shape index (κ3) is 1.29. The molecule has 0 bridgehead atoms. The summed E-state index contributed by atoms with van der Waals surface area (Å²) >= 11 is 0. The average Bonchev–Trinajstić information content (AvgIpc) is 1.80. The Labute approximate surface area is 65.3 Å². The van der Waals surface area contributed by atoms with E-state index in [-0.39, 0.29) is 5.76 Å². The predicted octanol–water partition coefficient (Wildman–Crippen LogP) is 0.705. The van der Waals surface area contributed by atoms with Crippen molar-refractivity contribution in [2.45, 2.75) is 19.6 Å². The van der Waals surface area contributed by atoms with Gasteiger partial charge in [-0.25, -0.2) is 0 Å². The van der Waals surface area contributed by atoms with Gasteiger partial charge in [0.25, 0.3) is 0 Å². The molecular formula is C8H12O3. The van der Waals surface area contributed by atoms with Crippen molar-refractivity contribution in [2.75, 3.05) is 0 Å². The van der Waals surface area contributed by atoms with Gasteiger partial charge in [0.2, 0.25) is 0 Å². The van der Waals surface area contributed by atoms with Gasteiger partial charge < -0.3 is 15.3 Å². The van der Waals surface area contributed by atoms with E-state index in [9.17, 15) is 10.2 Å². The summed E-state index contributed by atoms with van der Waals surface area (Å²) in [6, 6.07) is 0. The largest absolute Gasteiger partial charge is 0.508 e. The Hall–Kier alpha value is -0.800. The smallest absolute Gasteiger partial charge is 0.192 e. The quantitative estimate of drug-likeness (QED) is 0.452. The Morgan fingerprint density at radius 3 is 2.18 bits per heavy atom. The van der Waals surface area contributed by atoms with E-state index >= 15 is 0 Å². The Morgan fingerprint density at radius 1 is 1.27 bits per heavy atom. The van der Waals surface area contributed by atoms with Crippen LogP contribution in [0.2, 0.25) is 0 Å². The zero-order valence-electron chi connectivity index (χ0n) is 6.57. The Bertz CT molecular complexity index is 223. The molecule has 0 unspecified atom stereocenters. The number of hydrogen-bond acceptors (Lipinski definition) is 3. The van der Waals surface area contributed by atoms with Crippen LogP contribution in [0.25, 0.3) is 0 Å². The van der Waals surface area contributed by atoms with E-state index in [1.165, 1.54) is 18.2 Å². The first-order valence-electron chi connectivity index (χ1n) is 3.41. The van der Waals surface area contributed by atoms with Crippen molar-refractivity contribution >= 4 is 0 Å². The van der Waals surface area contributed by atoms with Gasteiger partial charge in [-0.15, -0.1) is 0 Å². The lowest BCUT2D eigenvalue weighted by Gasteiger charge is -2.35. The summed E-state index contributed by atoms with van der Waals surface area (Å²) in [6.07, 6.45) is 3.85. The van der Waals surface area contributed by atoms with Crippen LogP contribution in [0.1, 0.15) is 13.8 Å². The molecule has 0 saturated heterocycles. The van der Waals surface area contributed by atoms with Crippen LogP contribution in [0.5, 0.6) is 0 Å². The molecule has 1 rings (SSSR count). The van der Waals surface area contributed by atoms with Crippen molar-refractivity contribution < 1.29 is 15.3 Å². The minimum absolute atomic E-state index is 0.0636. The van der Waals surface area contributed by atoms with E-state index in [0.717, 1.165) is 0 Å². The maximum atomic E-state index is 9.33. The van der Waals surface area contributed by atoms with Crippen LogP contribution in [0, 0.1) is 5.41 Å². The highest BCUT2D eigenvalue weighted by Crippen LogP contribution is 2.35. The summed E-state index contributed by atoms with van der Waals surface area (Å²) in [4.78, 5) is 0. The maximum Gasteiger partial charge on any atom is 0.192 e. The predicted molar refractivity (Wildman–Crippen MR) is 40.8 cm³/mol. The molecule has 0 spiro atoms. The molecule has 3 N–H and O–H groups in total. The number of aliphatic hydroxyl groups excluding tert-OH is 1. The fourth-order valence-corrected chi connectivity index (χ4v) is 0.940. The molecule has 0 aromatic rings. The normalized spacial score (nSPS) is 26.4. The molecule has 0 atom stereocenters. The number of allylic oxidation sites excluding steroid dienone is 1. The van der Waals surface area contributed by atoms with E-state index in [1.54, 1.807) is 13.8 Å². The van der Waals surface area contributed by atoms with Crippen molar-refractivity contribution in [3.63, 3.8) is 0 Å². The van der Waals surface area contributed by atoms with Crippen LogP contribution < -0.4 is 0 Å². The third-order valence-electron chi connectivity index (χ3n) is 1.94. The van der Waals surface area contributed by atoms with Gasteiger partial charge in [0.15, 0.2) is 5.79 Å². The lowest BCUT2D eigenvalue weighted by molar-refractivity contribution is -0.179. The highest BCUT2D eigenvalue weighted by molar-refractivity contribution is 5.25. The fourth-order valence-electron chi connectivity index (χ4n) is 0.940. The van der Waals surface area contributed by atoms with Crippen LogP contribution >= 0.6 is 0 Å². The van der Waals surface area contributed by atoms with Gasteiger partial charge in [0, 0.05) is 5.41 Å². The first-order valence-corrected chi connectivity index (χ1v) is 3.41. The molecule has 0 aromatic carbocycles. The van der Waals surface area contributed by atoms with Crippen molar-refractivity contribution in [3.05, 3.63) is 24.0 Å². The Kier molecular flexibility index (Phi) is 1.58. The second kappa shape index (κ2) is 2.09. The van der Waals surface area contributed by atoms with Crippen molar-refractivity contribution in [1.29, 1.82) is 0 Å². The van der Waals surface area contributed by atoms with Gasteiger partial charge in [-0.2, -0.15) is 0 Å². The van der Waals surface area contributed by atoms with Gasteiger partial charge >= 0.3 is 0 Å². The Balaban J connectivity index is 3.04. The molecular weight excluding hydrogens is 144 g/mol. The van der Waals surface area contributed by atoms with Crippen molar-refractivity contribution in [1.82, 2.24) is 0 Å². The topological polar surface area (TPSA) is 60.7 Å². The monoisotopic (exact) mass is 156 g/mol. The van der Waals surface area contributed by atoms with Crippen LogP contribution in [-0.4, -0.2) is 21.1 Å². The minimum Gasteiger partial charge on any atom is -0.508 e. The molecule has 0 saturated carbocycles. The standard InChI is InChI=1S/C8H12O3/c1-7(2)5-6(9)3-4-8(7,10)11/h3-5,9-11H,1-2H3. The van der Waals surface area contributed by atoms with Crippen LogP contribution in [0.15, 0.2) is 24.0 Å². The van der Waals surface area contributed by atoms with Crippen molar-refractivity contribution in [3.8, 4) is 0 Å². The van der Waals surface area contributed by atoms with E-state index in [1.807, 2.05) is 0 Å². The summed E-state index contributed by atoms with van der Waals surface area (Å²) < 4.78 is 0. The van der Waals surface area contributed by atoms with Crippen LogP contribution in [-0.2, 0) is 0 Å². The number of hydrogen-bond donors (Lipinski definition) is 3. The first kappa shape index (κ1) is 8.30. The molecule has 11 heavy (non-hydrogen) atoms. The Morgan fingerprint density at radius 2 is 1.82 bits per heavy atom. The molecule has 3 heteroatoms. The van der Waals surface area contributed by atoms with Gasteiger partial charge in [0.05, 0.1) is 0 Å². The van der Waals surface area contributed by atoms with Gasteiger partial charge in [0.1, 0.15) is 5.76 Å². The zero-order valence-corrected chi connectivity index (χ0v) is 6.57. The summed E-state index contributed by atoms with van der Waals surface area (Å²) in [5.74, 6) is -1.80. The highest BCUT2D eigenvalue weighted by atomic mass is 16.5. The second-order valence-corrected chi connectivity index (χ2v) is 3.35. The molecule has 62 valence electrons. The lowest BCUT2D eigenvalue weighted by atomic mass is 9.80. The third-order valence-corrected chi connectivity index (χ3v) is 1.94.